The number of rotatable bonds is 7. The molecule has 0 aliphatic rings. The second-order valence-corrected chi connectivity index (χ2v) is 7.28. The van der Waals surface area contributed by atoms with Crippen molar-refractivity contribution in [3.05, 3.63) is 66.0 Å². The smallest absolute Gasteiger partial charge is 0.265 e. The van der Waals surface area contributed by atoms with Crippen LogP contribution in [0.2, 0.25) is 0 Å². The minimum Gasteiger partial charge on any atom is -0.467 e. The SMILES string of the molecule is Cc1nc(OCC(=O)NCc2ccc(N(C)C)cc2)c2c(-c3ccccc3)noc2n1. The van der Waals surface area contributed by atoms with Crippen molar-refractivity contribution >= 4 is 22.7 Å². The number of fused-ring (bicyclic) bond motifs is 1. The van der Waals surface area contributed by atoms with Crippen LogP contribution in [-0.4, -0.2) is 41.7 Å². The van der Waals surface area contributed by atoms with Gasteiger partial charge < -0.3 is 19.5 Å². The van der Waals surface area contributed by atoms with Crippen molar-refractivity contribution in [1.29, 1.82) is 0 Å². The fourth-order valence-electron chi connectivity index (χ4n) is 3.12. The molecule has 1 N–H and O–H groups in total. The van der Waals surface area contributed by atoms with Crippen LogP contribution in [0.5, 0.6) is 5.88 Å². The van der Waals surface area contributed by atoms with Crippen LogP contribution in [0.3, 0.4) is 0 Å². The number of carbonyl (C=O) groups is 1. The molecule has 4 rings (SSSR count). The first-order valence-corrected chi connectivity index (χ1v) is 9.86. The maximum atomic E-state index is 12.4. The number of hydrogen-bond acceptors (Lipinski definition) is 7. The van der Waals surface area contributed by atoms with E-state index in [4.69, 9.17) is 9.26 Å². The third kappa shape index (κ3) is 4.63. The summed E-state index contributed by atoms with van der Waals surface area (Å²) in [6.07, 6.45) is 0. The van der Waals surface area contributed by atoms with Crippen molar-refractivity contribution in [2.45, 2.75) is 13.5 Å². The molecule has 0 bridgehead atoms. The molecule has 0 aliphatic carbocycles. The van der Waals surface area contributed by atoms with Gasteiger partial charge in [0.05, 0.1) is 0 Å². The molecule has 2 aromatic carbocycles. The molecule has 31 heavy (non-hydrogen) atoms. The van der Waals surface area contributed by atoms with E-state index in [0.29, 0.717) is 29.2 Å². The molecule has 0 saturated carbocycles. The number of nitrogens with zero attached hydrogens (tertiary/aromatic N) is 4. The van der Waals surface area contributed by atoms with E-state index in [1.54, 1.807) is 6.92 Å². The highest BCUT2D eigenvalue weighted by Gasteiger charge is 2.19. The standard InChI is InChI=1S/C23H23N5O3/c1-15-25-22(20-21(27-31-23(20)26-15)17-7-5-4-6-8-17)30-14-19(29)24-13-16-9-11-18(12-10-16)28(2)3/h4-12H,13-14H2,1-3H3,(H,24,29). The fraction of sp³-hybridized carbons (Fsp3) is 0.217. The Kier molecular flexibility index (Phi) is 5.79. The fourth-order valence-corrected chi connectivity index (χ4v) is 3.12. The normalized spacial score (nSPS) is 10.8. The van der Waals surface area contributed by atoms with Crippen LogP contribution in [0, 0.1) is 6.92 Å². The van der Waals surface area contributed by atoms with Crippen molar-refractivity contribution in [1.82, 2.24) is 20.4 Å². The Morgan fingerprint density at radius 1 is 1.06 bits per heavy atom. The van der Waals surface area contributed by atoms with Crippen LogP contribution < -0.4 is 15.0 Å². The molecule has 0 fully saturated rings. The lowest BCUT2D eigenvalue weighted by Gasteiger charge is -2.13. The lowest BCUT2D eigenvalue weighted by Crippen LogP contribution is -2.28. The molecule has 0 saturated heterocycles. The van der Waals surface area contributed by atoms with Gasteiger partial charge in [0.1, 0.15) is 16.9 Å². The van der Waals surface area contributed by atoms with Crippen LogP contribution in [-0.2, 0) is 11.3 Å². The lowest BCUT2D eigenvalue weighted by molar-refractivity contribution is -0.123. The minimum atomic E-state index is -0.251. The lowest BCUT2D eigenvalue weighted by atomic mass is 10.1. The van der Waals surface area contributed by atoms with E-state index >= 15 is 0 Å². The summed E-state index contributed by atoms with van der Waals surface area (Å²) >= 11 is 0. The molecular formula is C23H23N5O3. The minimum absolute atomic E-state index is 0.180. The number of hydrogen-bond donors (Lipinski definition) is 1. The summed E-state index contributed by atoms with van der Waals surface area (Å²) in [4.78, 5) is 23.0. The Balaban J connectivity index is 1.46. The molecule has 8 heteroatoms. The van der Waals surface area contributed by atoms with E-state index in [1.165, 1.54) is 0 Å². The predicted molar refractivity (Wildman–Crippen MR) is 118 cm³/mol. The predicted octanol–water partition coefficient (Wildman–Crippen LogP) is 3.35. The summed E-state index contributed by atoms with van der Waals surface area (Å²) in [7, 11) is 3.97. The van der Waals surface area contributed by atoms with E-state index < -0.39 is 0 Å². The number of anilines is 1. The van der Waals surface area contributed by atoms with Gasteiger partial charge in [0, 0.05) is 31.9 Å². The molecule has 2 heterocycles. The molecule has 2 aromatic heterocycles. The Morgan fingerprint density at radius 2 is 1.81 bits per heavy atom. The van der Waals surface area contributed by atoms with E-state index in [2.05, 4.69) is 20.4 Å². The van der Waals surface area contributed by atoms with E-state index in [0.717, 1.165) is 16.8 Å². The first kappa shape index (κ1) is 20.3. The summed E-state index contributed by atoms with van der Waals surface area (Å²) in [5, 5.41) is 7.53. The van der Waals surface area contributed by atoms with Crippen molar-refractivity contribution in [3.63, 3.8) is 0 Å². The van der Waals surface area contributed by atoms with Crippen LogP contribution in [0.4, 0.5) is 5.69 Å². The number of aryl methyl sites for hydroxylation is 1. The highest BCUT2D eigenvalue weighted by molar-refractivity contribution is 5.93. The molecule has 1 amide bonds. The van der Waals surface area contributed by atoms with Crippen LogP contribution >= 0.6 is 0 Å². The molecule has 4 aromatic rings. The highest BCUT2D eigenvalue weighted by atomic mass is 16.5. The monoisotopic (exact) mass is 417 g/mol. The Labute approximate surface area is 179 Å². The maximum Gasteiger partial charge on any atom is 0.265 e. The molecule has 0 atom stereocenters. The quantitative estimate of drug-likeness (QED) is 0.493. The Bertz CT molecular complexity index is 1190. The summed E-state index contributed by atoms with van der Waals surface area (Å²) < 4.78 is 11.1. The number of nitrogens with one attached hydrogen (secondary N) is 1. The van der Waals surface area contributed by atoms with E-state index in [1.807, 2.05) is 73.6 Å². The van der Waals surface area contributed by atoms with Crippen LogP contribution in [0.15, 0.2) is 59.1 Å². The van der Waals surface area contributed by atoms with Gasteiger partial charge in [-0.3, -0.25) is 4.79 Å². The van der Waals surface area contributed by atoms with Crippen molar-refractivity contribution in [2.24, 2.45) is 0 Å². The van der Waals surface area contributed by atoms with Gasteiger partial charge in [0.2, 0.25) is 5.88 Å². The summed E-state index contributed by atoms with van der Waals surface area (Å²) in [5.74, 6) is 0.492. The summed E-state index contributed by atoms with van der Waals surface area (Å²) in [5.41, 5.74) is 3.85. The summed E-state index contributed by atoms with van der Waals surface area (Å²) in [6, 6.07) is 17.5. The molecule has 0 radical (unpaired) electrons. The van der Waals surface area contributed by atoms with Gasteiger partial charge in [-0.2, -0.15) is 9.97 Å². The zero-order chi connectivity index (χ0) is 21.8. The Hall–Kier alpha value is -3.94. The van der Waals surface area contributed by atoms with Gasteiger partial charge in [0.25, 0.3) is 11.6 Å². The first-order valence-electron chi connectivity index (χ1n) is 9.86. The van der Waals surface area contributed by atoms with Crippen molar-refractivity contribution < 1.29 is 14.1 Å². The highest BCUT2D eigenvalue weighted by Crippen LogP contribution is 2.32. The first-order chi connectivity index (χ1) is 15.0. The van der Waals surface area contributed by atoms with Crippen molar-refractivity contribution in [3.8, 4) is 17.1 Å². The molecule has 0 spiro atoms. The van der Waals surface area contributed by atoms with Gasteiger partial charge in [-0.05, 0) is 24.6 Å². The zero-order valence-corrected chi connectivity index (χ0v) is 17.6. The average molecular weight is 417 g/mol. The largest absolute Gasteiger partial charge is 0.467 e. The number of benzene rings is 2. The zero-order valence-electron chi connectivity index (χ0n) is 17.6. The van der Waals surface area contributed by atoms with Crippen LogP contribution in [0.25, 0.3) is 22.4 Å². The number of ether oxygens (including phenoxy) is 1. The molecule has 158 valence electrons. The van der Waals surface area contributed by atoms with Gasteiger partial charge in [0.15, 0.2) is 6.61 Å². The van der Waals surface area contributed by atoms with Gasteiger partial charge in [-0.1, -0.05) is 47.6 Å². The second-order valence-electron chi connectivity index (χ2n) is 7.28. The second kappa shape index (κ2) is 8.83. The number of amides is 1. The third-order valence-corrected chi connectivity index (χ3v) is 4.74. The van der Waals surface area contributed by atoms with E-state index in [-0.39, 0.29) is 18.4 Å². The molecule has 0 aliphatic heterocycles. The van der Waals surface area contributed by atoms with Gasteiger partial charge in [-0.25, -0.2) is 0 Å². The topological polar surface area (TPSA) is 93.4 Å². The third-order valence-electron chi connectivity index (χ3n) is 4.74. The maximum absolute atomic E-state index is 12.4. The van der Waals surface area contributed by atoms with Crippen LogP contribution in [0.1, 0.15) is 11.4 Å². The van der Waals surface area contributed by atoms with Gasteiger partial charge >= 0.3 is 0 Å². The Morgan fingerprint density at radius 3 is 2.52 bits per heavy atom. The molecular weight excluding hydrogens is 394 g/mol. The number of carbonyl (C=O) groups excluding carboxylic acids is 1. The number of aromatic nitrogens is 3. The average Bonchev–Trinajstić information content (AvgIpc) is 3.20. The van der Waals surface area contributed by atoms with Gasteiger partial charge in [-0.15, -0.1) is 0 Å². The summed E-state index contributed by atoms with van der Waals surface area (Å²) in [6.45, 7) is 1.96. The molecule has 8 nitrogen and oxygen atoms in total. The molecule has 0 unspecified atom stereocenters. The van der Waals surface area contributed by atoms with E-state index in [9.17, 15) is 4.79 Å². The van der Waals surface area contributed by atoms with Crippen molar-refractivity contribution in [2.75, 3.05) is 25.6 Å².